The average Bonchev–Trinajstić information content (AvgIpc) is 2.67. The van der Waals surface area contributed by atoms with E-state index < -0.39 is 0 Å². The van der Waals surface area contributed by atoms with Crippen molar-refractivity contribution in [3.05, 3.63) is 29.8 Å². The quantitative estimate of drug-likeness (QED) is 0.866. The van der Waals surface area contributed by atoms with E-state index in [9.17, 15) is 4.79 Å². The van der Waals surface area contributed by atoms with Gasteiger partial charge in [-0.05, 0) is 30.5 Å². The minimum Gasteiger partial charge on any atom is -0.497 e. The van der Waals surface area contributed by atoms with Crippen LogP contribution in [0.3, 0.4) is 0 Å². The Morgan fingerprint density at radius 3 is 2.67 bits per heavy atom. The van der Waals surface area contributed by atoms with Crippen LogP contribution < -0.4 is 15.4 Å². The highest BCUT2D eigenvalue weighted by Crippen LogP contribution is 2.39. The molecule has 1 aliphatic heterocycles. The fourth-order valence-corrected chi connectivity index (χ4v) is 3.85. The number of hydrogen-bond donors (Lipinski definition) is 2. The highest BCUT2D eigenvalue weighted by atomic mass is 16.5. The summed E-state index contributed by atoms with van der Waals surface area (Å²) in [5.74, 6) is 0.922. The number of methoxy groups -OCH3 is 1. The lowest BCUT2D eigenvalue weighted by molar-refractivity contribution is -0.126. The molecule has 0 bridgehead atoms. The smallest absolute Gasteiger partial charge is 0.239 e. The molecule has 1 saturated heterocycles. The maximum atomic E-state index is 12.4. The van der Waals surface area contributed by atoms with E-state index in [1.165, 1.54) is 24.8 Å². The summed E-state index contributed by atoms with van der Waals surface area (Å²) in [4.78, 5) is 12.4. The first kappa shape index (κ1) is 17.2. The molecule has 1 unspecified atom stereocenters. The third kappa shape index (κ3) is 3.90. The Labute approximate surface area is 144 Å². The van der Waals surface area contributed by atoms with Gasteiger partial charge in [0.05, 0.1) is 20.3 Å². The molecule has 1 atom stereocenters. The highest BCUT2D eigenvalue weighted by Gasteiger charge is 2.35. The zero-order valence-corrected chi connectivity index (χ0v) is 14.5. The molecule has 3 rings (SSSR count). The van der Waals surface area contributed by atoms with Crippen molar-refractivity contribution in [2.75, 3.05) is 33.4 Å². The van der Waals surface area contributed by atoms with Gasteiger partial charge in [0.1, 0.15) is 11.8 Å². The van der Waals surface area contributed by atoms with Crippen molar-refractivity contribution in [3.8, 4) is 5.75 Å². The molecule has 132 valence electrons. The number of carbonyl (C=O) groups excluding carboxylic acids is 1. The molecule has 5 heteroatoms. The van der Waals surface area contributed by atoms with Crippen molar-refractivity contribution in [3.63, 3.8) is 0 Å². The van der Waals surface area contributed by atoms with Gasteiger partial charge in [-0.2, -0.15) is 0 Å². The maximum absolute atomic E-state index is 12.4. The Kier molecular flexibility index (Phi) is 5.74. The van der Waals surface area contributed by atoms with Crippen LogP contribution >= 0.6 is 0 Å². The van der Waals surface area contributed by atoms with E-state index in [1.54, 1.807) is 7.11 Å². The second-order valence-corrected chi connectivity index (χ2v) is 6.87. The molecule has 24 heavy (non-hydrogen) atoms. The molecule has 0 spiro atoms. The number of hydrogen-bond acceptors (Lipinski definition) is 4. The van der Waals surface area contributed by atoms with Gasteiger partial charge in [0.25, 0.3) is 0 Å². The second kappa shape index (κ2) is 7.99. The van der Waals surface area contributed by atoms with Gasteiger partial charge in [0.15, 0.2) is 0 Å². The number of nitrogens with one attached hydrogen (secondary N) is 2. The first-order chi connectivity index (χ1) is 11.7. The van der Waals surface area contributed by atoms with Gasteiger partial charge in [-0.3, -0.25) is 4.79 Å². The molecule has 1 aromatic rings. The van der Waals surface area contributed by atoms with Crippen LogP contribution in [0.15, 0.2) is 24.3 Å². The van der Waals surface area contributed by atoms with E-state index in [0.29, 0.717) is 19.8 Å². The molecule has 0 radical (unpaired) electrons. The lowest BCUT2D eigenvalue weighted by Gasteiger charge is -2.38. The van der Waals surface area contributed by atoms with Crippen LogP contribution in [0.4, 0.5) is 0 Å². The van der Waals surface area contributed by atoms with Crippen LogP contribution in [0.2, 0.25) is 0 Å². The normalized spacial score (nSPS) is 23.5. The van der Waals surface area contributed by atoms with E-state index in [0.717, 1.165) is 25.1 Å². The maximum Gasteiger partial charge on any atom is 0.239 e. The molecule has 1 aromatic carbocycles. The van der Waals surface area contributed by atoms with Gasteiger partial charge in [0, 0.05) is 18.5 Å². The minimum absolute atomic E-state index is 0.0374. The number of carbonyl (C=O) groups is 1. The summed E-state index contributed by atoms with van der Waals surface area (Å²) in [5, 5.41) is 6.40. The van der Waals surface area contributed by atoms with Crippen molar-refractivity contribution < 1.29 is 14.3 Å². The first-order valence-electron chi connectivity index (χ1n) is 8.97. The number of benzene rings is 1. The lowest BCUT2D eigenvalue weighted by atomic mass is 9.69. The van der Waals surface area contributed by atoms with Crippen LogP contribution in [-0.2, 0) is 14.9 Å². The topological polar surface area (TPSA) is 59.6 Å². The van der Waals surface area contributed by atoms with E-state index >= 15 is 0 Å². The fourth-order valence-electron chi connectivity index (χ4n) is 3.85. The summed E-state index contributed by atoms with van der Waals surface area (Å²) in [5.41, 5.74) is 1.34. The summed E-state index contributed by atoms with van der Waals surface area (Å²) in [6, 6.07) is 8.11. The SMILES string of the molecule is COc1ccc(C2(CNC(=O)C3COCCN3)CCCCC2)cc1. The second-order valence-electron chi connectivity index (χ2n) is 6.87. The van der Waals surface area contributed by atoms with Gasteiger partial charge in [-0.25, -0.2) is 0 Å². The largest absolute Gasteiger partial charge is 0.497 e. The molecule has 0 aromatic heterocycles. The minimum atomic E-state index is -0.227. The summed E-state index contributed by atoms with van der Waals surface area (Å²) < 4.78 is 10.7. The van der Waals surface area contributed by atoms with Crippen LogP contribution in [0, 0.1) is 0 Å². The van der Waals surface area contributed by atoms with Gasteiger partial charge >= 0.3 is 0 Å². The first-order valence-corrected chi connectivity index (χ1v) is 8.97. The van der Waals surface area contributed by atoms with E-state index in [4.69, 9.17) is 9.47 Å². The summed E-state index contributed by atoms with van der Waals surface area (Å²) in [6.07, 6.45) is 5.95. The Morgan fingerprint density at radius 1 is 1.29 bits per heavy atom. The molecule has 1 heterocycles. The molecule has 2 aliphatic rings. The van der Waals surface area contributed by atoms with Crippen LogP contribution in [0.1, 0.15) is 37.7 Å². The van der Waals surface area contributed by atoms with Gasteiger partial charge in [0.2, 0.25) is 5.91 Å². The monoisotopic (exact) mass is 332 g/mol. The molecule has 2 fully saturated rings. The van der Waals surface area contributed by atoms with Crippen molar-refractivity contribution >= 4 is 5.91 Å². The van der Waals surface area contributed by atoms with Crippen LogP contribution in [0.25, 0.3) is 0 Å². The number of ether oxygens (including phenoxy) is 2. The Morgan fingerprint density at radius 2 is 2.04 bits per heavy atom. The number of morpholine rings is 1. The molecule has 2 N–H and O–H groups in total. The third-order valence-corrected chi connectivity index (χ3v) is 5.35. The van der Waals surface area contributed by atoms with Crippen molar-refractivity contribution in [2.45, 2.75) is 43.6 Å². The lowest BCUT2D eigenvalue weighted by Crippen LogP contribution is -2.53. The van der Waals surface area contributed by atoms with Gasteiger partial charge in [-0.15, -0.1) is 0 Å². The predicted octanol–water partition coefficient (Wildman–Crippen LogP) is 2.00. The molecule has 1 saturated carbocycles. The standard InChI is InChI=1S/C19H28N2O3/c1-23-16-7-5-15(6-8-16)19(9-3-2-4-10-19)14-21-18(22)17-13-24-12-11-20-17/h5-8,17,20H,2-4,9-14H2,1H3,(H,21,22). The van der Waals surface area contributed by atoms with E-state index in [1.807, 2.05) is 12.1 Å². The Bertz CT molecular complexity index is 532. The van der Waals surface area contributed by atoms with Crippen molar-refractivity contribution in [1.29, 1.82) is 0 Å². The molecular weight excluding hydrogens is 304 g/mol. The van der Waals surface area contributed by atoms with Crippen molar-refractivity contribution in [1.82, 2.24) is 10.6 Å². The molecular formula is C19H28N2O3. The zero-order valence-electron chi connectivity index (χ0n) is 14.5. The average molecular weight is 332 g/mol. The fraction of sp³-hybridized carbons (Fsp3) is 0.632. The number of amides is 1. The van der Waals surface area contributed by atoms with E-state index in [-0.39, 0.29) is 17.4 Å². The highest BCUT2D eigenvalue weighted by molar-refractivity contribution is 5.82. The summed E-state index contributed by atoms with van der Waals surface area (Å²) in [6.45, 7) is 2.57. The van der Waals surface area contributed by atoms with Gasteiger partial charge in [-0.1, -0.05) is 31.4 Å². The summed E-state index contributed by atoms with van der Waals surface area (Å²) >= 11 is 0. The Hall–Kier alpha value is -1.59. The molecule has 1 amide bonds. The van der Waals surface area contributed by atoms with E-state index in [2.05, 4.69) is 22.8 Å². The van der Waals surface area contributed by atoms with Crippen LogP contribution in [-0.4, -0.2) is 45.4 Å². The predicted molar refractivity (Wildman–Crippen MR) is 93.4 cm³/mol. The third-order valence-electron chi connectivity index (χ3n) is 5.35. The Balaban J connectivity index is 1.69. The van der Waals surface area contributed by atoms with Crippen molar-refractivity contribution in [2.24, 2.45) is 0 Å². The zero-order chi connectivity index (χ0) is 16.8. The summed E-state index contributed by atoms with van der Waals surface area (Å²) in [7, 11) is 1.69. The van der Waals surface area contributed by atoms with Gasteiger partial charge < -0.3 is 20.1 Å². The number of rotatable bonds is 5. The van der Waals surface area contributed by atoms with Crippen LogP contribution in [0.5, 0.6) is 5.75 Å². The molecule has 5 nitrogen and oxygen atoms in total. The molecule has 1 aliphatic carbocycles.